The fourth-order valence-corrected chi connectivity index (χ4v) is 4.62. The summed E-state index contributed by atoms with van der Waals surface area (Å²) in [7, 11) is 1.66. The smallest absolute Gasteiger partial charge is 0.161 e. The summed E-state index contributed by atoms with van der Waals surface area (Å²) in [6.45, 7) is 4.49. The van der Waals surface area contributed by atoms with Crippen LogP contribution in [0.5, 0.6) is 17.2 Å². The average molecular weight is 493 g/mol. The molecule has 2 saturated heterocycles. The van der Waals surface area contributed by atoms with Gasteiger partial charge in [-0.1, -0.05) is 18.6 Å². The molecule has 3 fully saturated rings. The molecule has 4 atom stereocenters. The zero-order valence-electron chi connectivity index (χ0n) is 21.0. The van der Waals surface area contributed by atoms with Crippen molar-refractivity contribution in [2.45, 2.75) is 37.9 Å². The maximum absolute atomic E-state index is 5.79. The number of hydrogen-bond acceptors (Lipinski definition) is 7. The Hall–Kier alpha value is -2.90. The van der Waals surface area contributed by atoms with E-state index in [1.54, 1.807) is 7.11 Å². The van der Waals surface area contributed by atoms with Crippen molar-refractivity contribution in [2.24, 2.45) is 21.8 Å². The molecule has 2 aromatic rings. The van der Waals surface area contributed by atoms with Gasteiger partial charge in [0.2, 0.25) is 0 Å². The molecule has 2 aromatic carbocycles. The minimum Gasteiger partial charge on any atom is -0.493 e. The van der Waals surface area contributed by atoms with Gasteiger partial charge in [-0.05, 0) is 72.6 Å². The van der Waals surface area contributed by atoms with Crippen LogP contribution >= 0.6 is 0 Å². The SMILES string of the molecule is COc1cc(/C=N/CC2CCCC(C/N=C/c3cccc(OCC4CO4)c3)C2)ccc1OCC1CO1. The van der Waals surface area contributed by atoms with Crippen molar-refractivity contribution in [3.63, 3.8) is 0 Å². The normalized spacial score (nSPS) is 25.2. The first kappa shape index (κ1) is 24.8. The molecule has 1 aliphatic carbocycles. The van der Waals surface area contributed by atoms with Crippen LogP contribution < -0.4 is 14.2 Å². The van der Waals surface area contributed by atoms with Crippen LogP contribution in [0, 0.1) is 11.8 Å². The lowest BCUT2D eigenvalue weighted by Crippen LogP contribution is -2.20. The van der Waals surface area contributed by atoms with Gasteiger partial charge in [0.25, 0.3) is 0 Å². The topological polar surface area (TPSA) is 77.5 Å². The van der Waals surface area contributed by atoms with Crippen LogP contribution in [-0.2, 0) is 9.47 Å². The lowest BCUT2D eigenvalue weighted by molar-refractivity contribution is 0.252. The highest BCUT2D eigenvalue weighted by Crippen LogP contribution is 2.30. The summed E-state index contributed by atoms with van der Waals surface area (Å²) < 4.78 is 27.5. The summed E-state index contributed by atoms with van der Waals surface area (Å²) in [6, 6.07) is 14.0. The summed E-state index contributed by atoms with van der Waals surface area (Å²) in [5, 5.41) is 0. The van der Waals surface area contributed by atoms with E-state index in [1.807, 2.05) is 48.8 Å². The van der Waals surface area contributed by atoms with Gasteiger partial charge < -0.3 is 23.7 Å². The van der Waals surface area contributed by atoms with Gasteiger partial charge in [0.15, 0.2) is 11.5 Å². The minimum atomic E-state index is 0.222. The largest absolute Gasteiger partial charge is 0.493 e. The van der Waals surface area contributed by atoms with Crippen molar-refractivity contribution in [2.75, 3.05) is 46.6 Å². The van der Waals surface area contributed by atoms with Gasteiger partial charge in [0.05, 0.1) is 20.3 Å². The predicted molar refractivity (Wildman–Crippen MR) is 140 cm³/mol. The molecule has 0 N–H and O–H groups in total. The fraction of sp³-hybridized carbons (Fsp3) is 0.517. The van der Waals surface area contributed by atoms with Gasteiger partial charge in [0.1, 0.15) is 31.2 Å². The first-order valence-corrected chi connectivity index (χ1v) is 13.0. The summed E-state index contributed by atoms with van der Waals surface area (Å²) >= 11 is 0. The third-order valence-corrected chi connectivity index (χ3v) is 6.81. The zero-order chi connectivity index (χ0) is 24.6. The van der Waals surface area contributed by atoms with E-state index in [0.29, 0.717) is 25.0 Å². The minimum absolute atomic E-state index is 0.222. The summed E-state index contributed by atoms with van der Waals surface area (Å²) in [5.41, 5.74) is 2.10. The molecular weight excluding hydrogens is 456 g/mol. The molecule has 5 rings (SSSR count). The highest BCUT2D eigenvalue weighted by molar-refractivity contribution is 5.81. The molecule has 7 heteroatoms. The molecule has 7 nitrogen and oxygen atoms in total. The van der Waals surface area contributed by atoms with Crippen LogP contribution in [0.4, 0.5) is 0 Å². The van der Waals surface area contributed by atoms with Crippen LogP contribution in [0.25, 0.3) is 0 Å². The number of rotatable bonds is 13. The van der Waals surface area contributed by atoms with Crippen LogP contribution in [0.15, 0.2) is 52.4 Å². The Bertz CT molecular complexity index is 1050. The number of nitrogens with zero attached hydrogens (tertiary/aromatic N) is 2. The van der Waals surface area contributed by atoms with Gasteiger partial charge in [-0.15, -0.1) is 0 Å². The highest BCUT2D eigenvalue weighted by Gasteiger charge is 2.24. The Balaban J connectivity index is 1.06. The molecule has 192 valence electrons. The van der Waals surface area contributed by atoms with Gasteiger partial charge in [-0.25, -0.2) is 0 Å². The summed E-state index contributed by atoms with van der Waals surface area (Å²) in [6.07, 6.45) is 9.31. The molecule has 2 heterocycles. The van der Waals surface area contributed by atoms with Crippen LogP contribution in [0.3, 0.4) is 0 Å². The molecule has 0 amide bonds. The molecule has 1 saturated carbocycles. The van der Waals surface area contributed by atoms with E-state index in [9.17, 15) is 0 Å². The number of methoxy groups -OCH3 is 1. The number of benzene rings is 2. The number of epoxide rings is 2. The van der Waals surface area contributed by atoms with Crippen molar-refractivity contribution in [1.82, 2.24) is 0 Å². The predicted octanol–water partition coefficient (Wildman–Crippen LogP) is 4.59. The van der Waals surface area contributed by atoms with Crippen molar-refractivity contribution in [3.05, 3.63) is 53.6 Å². The van der Waals surface area contributed by atoms with E-state index in [1.165, 1.54) is 25.7 Å². The Morgan fingerprint density at radius 2 is 1.50 bits per heavy atom. The van der Waals surface area contributed by atoms with Crippen LogP contribution in [0.2, 0.25) is 0 Å². The number of aliphatic imine (C=N–C) groups is 2. The monoisotopic (exact) mass is 492 g/mol. The molecule has 4 unspecified atom stereocenters. The Labute approximate surface area is 213 Å². The molecular formula is C29H36N2O5. The molecule has 36 heavy (non-hydrogen) atoms. The van der Waals surface area contributed by atoms with E-state index in [2.05, 4.69) is 6.07 Å². The highest BCUT2D eigenvalue weighted by atomic mass is 16.6. The van der Waals surface area contributed by atoms with Crippen molar-refractivity contribution < 1.29 is 23.7 Å². The quantitative estimate of drug-likeness (QED) is 0.302. The first-order valence-electron chi connectivity index (χ1n) is 13.0. The second-order valence-corrected chi connectivity index (χ2v) is 9.90. The Morgan fingerprint density at radius 1 is 0.833 bits per heavy atom. The summed E-state index contributed by atoms with van der Waals surface area (Å²) in [5.74, 6) is 3.57. The Morgan fingerprint density at radius 3 is 2.17 bits per heavy atom. The van der Waals surface area contributed by atoms with Crippen molar-refractivity contribution in [1.29, 1.82) is 0 Å². The van der Waals surface area contributed by atoms with Crippen molar-refractivity contribution in [3.8, 4) is 17.2 Å². The van der Waals surface area contributed by atoms with E-state index in [0.717, 1.165) is 54.7 Å². The van der Waals surface area contributed by atoms with E-state index in [-0.39, 0.29) is 12.2 Å². The van der Waals surface area contributed by atoms with Gasteiger partial charge in [-0.2, -0.15) is 0 Å². The van der Waals surface area contributed by atoms with E-state index in [4.69, 9.17) is 33.7 Å². The van der Waals surface area contributed by atoms with Gasteiger partial charge in [0, 0.05) is 25.5 Å². The standard InChI is InChI=1S/C29H36N2O5/c1-32-29-12-24(8-9-28(29)36-20-27-19-35-27)16-31-14-22-5-2-4-21(10-22)13-30-15-23-6-3-7-25(11-23)33-17-26-18-34-26/h3,6-9,11-12,15-16,21-22,26-27H,2,4-5,10,13-14,17-20H2,1H3/b30-15+,31-16+. The van der Waals surface area contributed by atoms with Crippen LogP contribution in [0.1, 0.15) is 36.8 Å². The fourth-order valence-electron chi connectivity index (χ4n) is 4.62. The Kier molecular flexibility index (Phi) is 8.51. The molecule has 2 aliphatic heterocycles. The first-order chi connectivity index (χ1) is 17.7. The third kappa shape index (κ3) is 7.80. The number of hydrogen-bond donors (Lipinski definition) is 0. The van der Waals surface area contributed by atoms with Gasteiger partial charge >= 0.3 is 0 Å². The molecule has 0 radical (unpaired) electrons. The molecule has 0 spiro atoms. The lowest BCUT2D eigenvalue weighted by atomic mass is 9.81. The van der Waals surface area contributed by atoms with E-state index < -0.39 is 0 Å². The second-order valence-electron chi connectivity index (χ2n) is 9.90. The zero-order valence-corrected chi connectivity index (χ0v) is 21.0. The average Bonchev–Trinajstić information content (AvgIpc) is 3.83. The van der Waals surface area contributed by atoms with Crippen molar-refractivity contribution >= 4 is 12.4 Å². The maximum atomic E-state index is 5.79. The van der Waals surface area contributed by atoms with Crippen LogP contribution in [-0.4, -0.2) is 71.3 Å². The lowest BCUT2D eigenvalue weighted by Gasteiger charge is -2.27. The van der Waals surface area contributed by atoms with Gasteiger partial charge in [-0.3, -0.25) is 9.98 Å². The number of ether oxygens (including phenoxy) is 5. The molecule has 0 bridgehead atoms. The third-order valence-electron chi connectivity index (χ3n) is 6.81. The summed E-state index contributed by atoms with van der Waals surface area (Å²) in [4.78, 5) is 9.51. The molecule has 3 aliphatic rings. The second kappa shape index (κ2) is 12.4. The van der Waals surface area contributed by atoms with E-state index >= 15 is 0 Å². The molecule has 0 aromatic heterocycles. The maximum Gasteiger partial charge on any atom is 0.161 e.